The van der Waals surface area contributed by atoms with Crippen LogP contribution in [0.3, 0.4) is 0 Å². The SMILES string of the molecule is CCn1cc(NC(=O)CCc2nc(-c3ccc(O)cc3)no2)c(C(=O)O)c1.[KH]. The van der Waals surface area contributed by atoms with Crippen LogP contribution >= 0.6 is 0 Å². The van der Waals surface area contributed by atoms with Crippen molar-refractivity contribution in [2.24, 2.45) is 0 Å². The molecule has 0 saturated carbocycles. The van der Waals surface area contributed by atoms with E-state index in [0.29, 0.717) is 17.9 Å². The van der Waals surface area contributed by atoms with E-state index in [9.17, 15) is 19.8 Å². The molecule has 3 N–H and O–H groups in total. The Kier molecular flexibility index (Phi) is 7.95. The number of hydrogen-bond donors (Lipinski definition) is 3. The molecule has 0 aliphatic carbocycles. The van der Waals surface area contributed by atoms with Gasteiger partial charge in [-0.1, -0.05) is 5.16 Å². The zero-order valence-electron chi connectivity index (χ0n) is 14.5. The van der Waals surface area contributed by atoms with E-state index >= 15 is 0 Å². The molecule has 0 unspecified atom stereocenters. The Hall–Kier alpha value is -1.98. The molecular weight excluding hydrogens is 391 g/mol. The normalized spacial score (nSPS) is 10.3. The number of phenolic OH excluding ortho intramolecular Hbond substituents is 1. The second kappa shape index (κ2) is 9.98. The summed E-state index contributed by atoms with van der Waals surface area (Å²) in [7, 11) is 0. The van der Waals surface area contributed by atoms with E-state index in [-0.39, 0.29) is 93.0 Å². The van der Waals surface area contributed by atoms with Crippen LogP contribution in [0.5, 0.6) is 5.75 Å². The van der Waals surface area contributed by atoms with E-state index in [2.05, 4.69) is 15.5 Å². The van der Waals surface area contributed by atoms with Gasteiger partial charge in [0.1, 0.15) is 11.3 Å². The Morgan fingerprint density at radius 1 is 1.21 bits per heavy atom. The van der Waals surface area contributed by atoms with E-state index in [1.54, 1.807) is 22.9 Å². The number of carboxylic acids is 1. The topological polar surface area (TPSA) is 130 Å². The second-order valence-corrected chi connectivity index (χ2v) is 5.83. The Bertz CT molecular complexity index is 965. The van der Waals surface area contributed by atoms with Crippen LogP contribution in [-0.4, -0.2) is 88.2 Å². The summed E-state index contributed by atoms with van der Waals surface area (Å²) >= 11 is 0. The van der Waals surface area contributed by atoms with Gasteiger partial charge in [-0.25, -0.2) is 4.79 Å². The second-order valence-electron chi connectivity index (χ2n) is 5.83. The summed E-state index contributed by atoms with van der Waals surface area (Å²) in [5.74, 6) is -0.670. The molecule has 28 heavy (non-hydrogen) atoms. The van der Waals surface area contributed by atoms with Crippen LogP contribution < -0.4 is 5.32 Å². The molecule has 0 aliphatic heterocycles. The number of phenols is 1. The minimum atomic E-state index is -1.10. The maximum absolute atomic E-state index is 12.1. The fourth-order valence-electron chi connectivity index (χ4n) is 2.48. The monoisotopic (exact) mass is 410 g/mol. The number of aromatic carboxylic acids is 1. The molecule has 1 amide bonds. The Balaban J connectivity index is 0.00000280. The number of carbonyl (C=O) groups excluding carboxylic acids is 1. The number of aryl methyl sites for hydroxylation is 2. The molecule has 10 heteroatoms. The van der Waals surface area contributed by atoms with Crippen LogP contribution in [0.15, 0.2) is 41.2 Å². The van der Waals surface area contributed by atoms with Crippen molar-refractivity contribution in [3.05, 3.63) is 48.1 Å². The summed E-state index contributed by atoms with van der Waals surface area (Å²) in [4.78, 5) is 27.6. The van der Waals surface area contributed by atoms with Crippen LogP contribution in [-0.2, 0) is 17.8 Å². The van der Waals surface area contributed by atoms with E-state index in [1.807, 2.05) is 6.92 Å². The molecule has 3 rings (SSSR count). The van der Waals surface area contributed by atoms with Crippen molar-refractivity contribution in [2.45, 2.75) is 26.3 Å². The van der Waals surface area contributed by atoms with Crippen molar-refractivity contribution in [2.75, 3.05) is 5.32 Å². The summed E-state index contributed by atoms with van der Waals surface area (Å²) in [6, 6.07) is 6.34. The molecule has 9 nitrogen and oxygen atoms in total. The molecule has 3 aromatic rings. The molecular formula is C18H19KN4O5. The summed E-state index contributed by atoms with van der Waals surface area (Å²) in [5.41, 5.74) is 0.974. The molecule has 0 fully saturated rings. The average molecular weight is 410 g/mol. The first kappa shape index (κ1) is 22.3. The zero-order chi connectivity index (χ0) is 19.4. The quantitative estimate of drug-likeness (QED) is 0.507. The predicted octanol–water partition coefficient (Wildman–Crippen LogP) is 1.88. The fourth-order valence-corrected chi connectivity index (χ4v) is 2.48. The molecule has 1 aromatic carbocycles. The number of nitrogens with zero attached hydrogens (tertiary/aromatic N) is 3. The molecule has 0 radical (unpaired) electrons. The summed E-state index contributed by atoms with van der Waals surface area (Å²) < 4.78 is 6.81. The number of carboxylic acid groups (broad SMARTS) is 1. The number of nitrogens with one attached hydrogen (secondary N) is 1. The predicted molar refractivity (Wildman–Crippen MR) is 103 cm³/mol. The summed E-state index contributed by atoms with van der Waals surface area (Å²) in [5, 5.41) is 25.0. The summed E-state index contributed by atoms with van der Waals surface area (Å²) in [6.07, 6.45) is 3.33. The number of benzene rings is 1. The van der Waals surface area contributed by atoms with E-state index in [1.165, 1.54) is 18.3 Å². The van der Waals surface area contributed by atoms with Crippen molar-refractivity contribution in [1.82, 2.24) is 14.7 Å². The molecule has 0 aliphatic rings. The van der Waals surface area contributed by atoms with Gasteiger partial charge in [0.2, 0.25) is 17.6 Å². The minimum absolute atomic E-state index is 0. The van der Waals surface area contributed by atoms with Crippen molar-refractivity contribution < 1.29 is 24.3 Å². The van der Waals surface area contributed by atoms with E-state index in [4.69, 9.17) is 4.52 Å². The Labute approximate surface area is 203 Å². The van der Waals surface area contributed by atoms with Gasteiger partial charge in [0, 0.05) is 37.3 Å². The molecule has 0 bridgehead atoms. The third-order valence-electron chi connectivity index (χ3n) is 3.91. The third-order valence-corrected chi connectivity index (χ3v) is 3.91. The number of aromatic nitrogens is 3. The number of anilines is 1. The van der Waals surface area contributed by atoms with Crippen molar-refractivity contribution >= 4 is 68.9 Å². The molecule has 0 atom stereocenters. The molecule has 0 spiro atoms. The van der Waals surface area contributed by atoms with Gasteiger partial charge in [-0.15, -0.1) is 0 Å². The van der Waals surface area contributed by atoms with Crippen LogP contribution in [0.1, 0.15) is 29.6 Å². The van der Waals surface area contributed by atoms with Crippen molar-refractivity contribution in [3.63, 3.8) is 0 Å². The van der Waals surface area contributed by atoms with Gasteiger partial charge in [-0.05, 0) is 31.2 Å². The Morgan fingerprint density at radius 3 is 2.57 bits per heavy atom. The average Bonchev–Trinajstić information content (AvgIpc) is 3.27. The van der Waals surface area contributed by atoms with Crippen molar-refractivity contribution in [3.8, 4) is 17.1 Å². The van der Waals surface area contributed by atoms with E-state index in [0.717, 1.165) is 0 Å². The van der Waals surface area contributed by atoms with Gasteiger partial charge >= 0.3 is 57.4 Å². The summed E-state index contributed by atoms with van der Waals surface area (Å²) in [6.45, 7) is 2.47. The maximum atomic E-state index is 12.1. The molecule has 2 heterocycles. The fraction of sp³-hybridized carbons (Fsp3) is 0.222. The Morgan fingerprint density at radius 2 is 1.93 bits per heavy atom. The first-order valence-electron chi connectivity index (χ1n) is 8.31. The first-order valence-corrected chi connectivity index (χ1v) is 8.31. The third kappa shape index (κ3) is 5.52. The number of carbonyl (C=O) groups is 2. The number of amides is 1. The van der Waals surface area contributed by atoms with Crippen LogP contribution in [0.2, 0.25) is 0 Å². The molecule has 142 valence electrons. The van der Waals surface area contributed by atoms with Gasteiger partial charge in [0.05, 0.1) is 5.69 Å². The van der Waals surface area contributed by atoms with Gasteiger partial charge in [0.15, 0.2) is 0 Å². The van der Waals surface area contributed by atoms with Gasteiger partial charge in [-0.3, -0.25) is 4.79 Å². The zero-order valence-corrected chi connectivity index (χ0v) is 14.5. The standard InChI is InChI=1S/C18H18N4O5.K.H/c1-2-22-9-13(18(25)26)14(10-22)19-15(24)7-8-16-20-17(21-27-16)11-3-5-12(23)6-4-11;;/h3-6,9-10,23H,2,7-8H2,1H3,(H,19,24)(H,25,26);;. The number of hydrogen-bond acceptors (Lipinski definition) is 6. The van der Waals surface area contributed by atoms with E-state index < -0.39 is 5.97 Å². The van der Waals surface area contributed by atoms with Crippen molar-refractivity contribution in [1.29, 1.82) is 0 Å². The van der Waals surface area contributed by atoms with Gasteiger partial charge in [0.25, 0.3) is 0 Å². The first-order chi connectivity index (χ1) is 13.0. The molecule has 2 aromatic heterocycles. The van der Waals surface area contributed by atoms with Crippen LogP contribution in [0.25, 0.3) is 11.4 Å². The number of rotatable bonds is 7. The van der Waals surface area contributed by atoms with Gasteiger partial charge in [-0.2, -0.15) is 4.98 Å². The molecule has 0 saturated heterocycles. The number of aromatic hydroxyl groups is 1. The van der Waals surface area contributed by atoms with Gasteiger partial charge < -0.3 is 24.6 Å². The van der Waals surface area contributed by atoms with Crippen LogP contribution in [0.4, 0.5) is 5.69 Å². The van der Waals surface area contributed by atoms with Crippen LogP contribution in [0, 0.1) is 0 Å².